The minimum atomic E-state index is -0.594. The van der Waals surface area contributed by atoms with Gasteiger partial charge in [0.2, 0.25) is 0 Å². The largest absolute Gasteiger partial charge is 0.381 e. The third-order valence-corrected chi connectivity index (χ3v) is 1.35. The molecule has 0 aromatic carbocycles. The zero-order valence-corrected chi connectivity index (χ0v) is 6.22. The Balaban J connectivity index is 2.66. The van der Waals surface area contributed by atoms with Crippen LogP contribution in [0.15, 0.2) is 5.51 Å². The van der Waals surface area contributed by atoms with Crippen LogP contribution in [0.3, 0.4) is 0 Å². The Morgan fingerprint density at radius 2 is 2.60 bits per heavy atom. The molecule has 0 radical (unpaired) electrons. The van der Waals surface area contributed by atoms with Gasteiger partial charge in [-0.2, -0.15) is 0 Å². The van der Waals surface area contributed by atoms with Gasteiger partial charge in [0.15, 0.2) is 5.01 Å². The molecule has 0 saturated carbocycles. The number of aliphatic hydroxyl groups excluding tert-OH is 1. The first-order valence-corrected chi connectivity index (χ1v) is 3.63. The molecule has 52 valence electrons. The summed E-state index contributed by atoms with van der Waals surface area (Å²) >= 11 is 1.36. The third kappa shape index (κ3) is 2.13. The third-order valence-electron chi connectivity index (χ3n) is 0.748. The molecule has 0 aliphatic carbocycles. The average molecular weight is 154 g/mol. The van der Waals surface area contributed by atoms with E-state index in [0.29, 0.717) is 5.01 Å². The maximum atomic E-state index is 8.73. The second-order valence-electron chi connectivity index (χ2n) is 1.69. The summed E-state index contributed by atoms with van der Waals surface area (Å²) in [5.74, 6) is 5.23. The monoisotopic (exact) mass is 154 g/mol. The average Bonchev–Trinajstić information content (AvgIpc) is 2.34. The van der Waals surface area contributed by atoms with Crippen molar-refractivity contribution in [3.8, 4) is 11.8 Å². The predicted octanol–water partition coefficient (Wildman–Crippen LogP) is 0.270. The summed E-state index contributed by atoms with van der Waals surface area (Å²) in [6.07, 6.45) is -0.594. The van der Waals surface area contributed by atoms with Crippen LogP contribution < -0.4 is 0 Å². The topological polar surface area (TPSA) is 46.0 Å². The molecule has 1 rings (SSSR count). The molecule has 4 heteroatoms. The van der Waals surface area contributed by atoms with Gasteiger partial charge in [-0.1, -0.05) is 17.3 Å². The highest BCUT2D eigenvalue weighted by Gasteiger charge is 1.88. The first kappa shape index (κ1) is 7.19. The Kier molecular flexibility index (Phi) is 2.37. The molecule has 0 aliphatic rings. The Morgan fingerprint density at radius 1 is 1.80 bits per heavy atom. The van der Waals surface area contributed by atoms with Crippen LogP contribution in [0, 0.1) is 11.8 Å². The van der Waals surface area contributed by atoms with Gasteiger partial charge in [0.05, 0.1) is 0 Å². The molecule has 1 N–H and O–H groups in total. The smallest absolute Gasteiger partial charge is 0.190 e. The Morgan fingerprint density at radius 3 is 3.10 bits per heavy atom. The lowest BCUT2D eigenvalue weighted by atomic mass is 10.4. The van der Waals surface area contributed by atoms with Crippen LogP contribution in [0.1, 0.15) is 11.9 Å². The number of hydrogen-bond acceptors (Lipinski definition) is 4. The highest BCUT2D eigenvalue weighted by molar-refractivity contribution is 7.09. The van der Waals surface area contributed by atoms with Crippen molar-refractivity contribution in [2.75, 3.05) is 0 Å². The van der Waals surface area contributed by atoms with Gasteiger partial charge in [-0.05, 0) is 12.8 Å². The van der Waals surface area contributed by atoms with Gasteiger partial charge in [-0.15, -0.1) is 10.2 Å². The van der Waals surface area contributed by atoms with Gasteiger partial charge < -0.3 is 5.11 Å². The Bertz CT molecular complexity index is 244. The van der Waals surface area contributed by atoms with Crippen molar-refractivity contribution in [2.24, 2.45) is 0 Å². The van der Waals surface area contributed by atoms with Gasteiger partial charge in [0.1, 0.15) is 11.6 Å². The van der Waals surface area contributed by atoms with Crippen molar-refractivity contribution in [2.45, 2.75) is 13.0 Å². The van der Waals surface area contributed by atoms with Crippen LogP contribution >= 0.6 is 11.3 Å². The number of nitrogens with zero attached hydrogens (tertiary/aromatic N) is 2. The van der Waals surface area contributed by atoms with Crippen LogP contribution in [0.25, 0.3) is 0 Å². The van der Waals surface area contributed by atoms with E-state index in [1.54, 1.807) is 12.4 Å². The molecular weight excluding hydrogens is 148 g/mol. The number of aromatic nitrogens is 2. The van der Waals surface area contributed by atoms with Crippen molar-refractivity contribution in [1.82, 2.24) is 10.2 Å². The molecule has 0 amide bonds. The van der Waals surface area contributed by atoms with Gasteiger partial charge in [-0.3, -0.25) is 0 Å². The van der Waals surface area contributed by atoms with Crippen molar-refractivity contribution in [3.05, 3.63) is 10.5 Å². The van der Waals surface area contributed by atoms with Crippen molar-refractivity contribution in [3.63, 3.8) is 0 Å². The van der Waals surface area contributed by atoms with Gasteiger partial charge >= 0.3 is 0 Å². The van der Waals surface area contributed by atoms with Crippen LogP contribution in [0.5, 0.6) is 0 Å². The lowest BCUT2D eigenvalue weighted by Gasteiger charge is -1.84. The van der Waals surface area contributed by atoms with E-state index < -0.39 is 6.10 Å². The van der Waals surface area contributed by atoms with E-state index in [1.807, 2.05) is 0 Å². The van der Waals surface area contributed by atoms with Gasteiger partial charge in [0.25, 0.3) is 0 Å². The lowest BCUT2D eigenvalue weighted by molar-refractivity contribution is 0.253. The quantitative estimate of drug-likeness (QED) is 0.545. The van der Waals surface area contributed by atoms with E-state index in [0.717, 1.165) is 0 Å². The SMILES string of the molecule is C[C@H](O)C#Cc1nncs1. The zero-order chi connectivity index (χ0) is 7.40. The molecule has 1 heterocycles. The minimum Gasteiger partial charge on any atom is -0.381 e. The van der Waals surface area contributed by atoms with Crippen molar-refractivity contribution in [1.29, 1.82) is 0 Å². The van der Waals surface area contributed by atoms with E-state index in [-0.39, 0.29) is 0 Å². The van der Waals surface area contributed by atoms with Crippen molar-refractivity contribution >= 4 is 11.3 Å². The number of aliphatic hydroxyl groups is 1. The maximum Gasteiger partial charge on any atom is 0.190 e. The molecule has 1 aromatic heterocycles. The minimum absolute atomic E-state index is 0.594. The molecule has 0 saturated heterocycles. The summed E-state index contributed by atoms with van der Waals surface area (Å²) < 4.78 is 0. The van der Waals surface area contributed by atoms with E-state index >= 15 is 0 Å². The molecule has 0 spiro atoms. The van der Waals surface area contributed by atoms with Gasteiger partial charge in [0, 0.05) is 0 Å². The molecule has 1 aromatic rings. The van der Waals surface area contributed by atoms with Crippen LogP contribution in [0.2, 0.25) is 0 Å². The van der Waals surface area contributed by atoms with E-state index in [4.69, 9.17) is 5.11 Å². The number of hydrogen-bond donors (Lipinski definition) is 1. The first-order chi connectivity index (χ1) is 4.79. The fourth-order valence-electron chi connectivity index (χ4n) is 0.394. The summed E-state index contributed by atoms with van der Waals surface area (Å²) in [5, 5.41) is 16.6. The molecule has 0 aliphatic heterocycles. The highest BCUT2D eigenvalue weighted by Crippen LogP contribution is 1.97. The first-order valence-electron chi connectivity index (χ1n) is 2.75. The van der Waals surface area contributed by atoms with Crippen molar-refractivity contribution < 1.29 is 5.11 Å². The predicted molar refractivity (Wildman–Crippen MR) is 38.5 cm³/mol. The zero-order valence-electron chi connectivity index (χ0n) is 5.40. The Labute approximate surface area is 62.7 Å². The fraction of sp³-hybridized carbons (Fsp3) is 0.333. The second-order valence-corrected chi connectivity index (χ2v) is 2.52. The summed E-state index contributed by atoms with van der Waals surface area (Å²) in [6.45, 7) is 1.61. The van der Waals surface area contributed by atoms with Crippen LogP contribution in [-0.2, 0) is 0 Å². The molecule has 0 fully saturated rings. The fourth-order valence-corrected chi connectivity index (χ4v) is 0.800. The molecule has 10 heavy (non-hydrogen) atoms. The van der Waals surface area contributed by atoms with E-state index in [2.05, 4.69) is 22.0 Å². The second kappa shape index (κ2) is 3.30. The van der Waals surface area contributed by atoms with Crippen LogP contribution in [0.4, 0.5) is 0 Å². The molecular formula is C6H6N2OS. The maximum absolute atomic E-state index is 8.73. The number of rotatable bonds is 0. The molecule has 0 unspecified atom stereocenters. The Hall–Kier alpha value is -0.920. The normalized spacial score (nSPS) is 11.8. The molecule has 3 nitrogen and oxygen atoms in total. The summed E-state index contributed by atoms with van der Waals surface area (Å²) in [7, 11) is 0. The standard InChI is InChI=1S/C6H6N2OS/c1-5(9)2-3-6-8-7-4-10-6/h4-5,9H,1H3/t5-/m0/s1. The summed E-state index contributed by atoms with van der Waals surface area (Å²) in [5.41, 5.74) is 1.60. The van der Waals surface area contributed by atoms with E-state index in [9.17, 15) is 0 Å². The summed E-state index contributed by atoms with van der Waals surface area (Å²) in [4.78, 5) is 0. The van der Waals surface area contributed by atoms with E-state index in [1.165, 1.54) is 11.3 Å². The van der Waals surface area contributed by atoms with Crippen LogP contribution in [-0.4, -0.2) is 21.4 Å². The lowest BCUT2D eigenvalue weighted by Crippen LogP contribution is -1.92. The highest BCUT2D eigenvalue weighted by atomic mass is 32.1. The van der Waals surface area contributed by atoms with Gasteiger partial charge in [-0.25, -0.2) is 0 Å². The summed E-state index contributed by atoms with van der Waals surface area (Å²) in [6, 6.07) is 0. The molecule has 0 bridgehead atoms. The molecule has 1 atom stereocenters.